The van der Waals surface area contributed by atoms with E-state index >= 15 is 0 Å². The smallest absolute Gasteiger partial charge is 0.253 e. The van der Waals surface area contributed by atoms with Gasteiger partial charge >= 0.3 is 0 Å². The molecule has 2 aromatic rings. The SMILES string of the molecule is [CH2]c1ccc(C(=O)N2CCC(N(C)c3ccc(Cl)cc3)CC2)cc1. The molecule has 1 radical (unpaired) electrons. The highest BCUT2D eigenvalue weighted by Gasteiger charge is 2.26. The number of benzene rings is 2. The average Bonchev–Trinajstić information content (AvgIpc) is 2.62. The third kappa shape index (κ3) is 3.73. The summed E-state index contributed by atoms with van der Waals surface area (Å²) in [5.41, 5.74) is 2.83. The number of carbonyl (C=O) groups is 1. The van der Waals surface area contributed by atoms with Crippen molar-refractivity contribution in [2.24, 2.45) is 0 Å². The van der Waals surface area contributed by atoms with E-state index in [-0.39, 0.29) is 5.91 Å². The monoisotopic (exact) mass is 341 g/mol. The molecule has 0 bridgehead atoms. The second kappa shape index (κ2) is 7.27. The number of amides is 1. The Kier molecular flexibility index (Phi) is 5.10. The zero-order valence-corrected chi connectivity index (χ0v) is 14.7. The molecule has 24 heavy (non-hydrogen) atoms. The van der Waals surface area contributed by atoms with E-state index in [0.29, 0.717) is 6.04 Å². The fraction of sp³-hybridized carbons (Fsp3) is 0.300. The van der Waals surface area contributed by atoms with E-state index in [1.807, 2.05) is 53.4 Å². The Labute approximate surface area is 148 Å². The van der Waals surface area contributed by atoms with Crippen LogP contribution in [0, 0.1) is 6.92 Å². The summed E-state index contributed by atoms with van der Waals surface area (Å²) >= 11 is 5.96. The molecule has 0 N–H and O–H groups in total. The first-order valence-corrected chi connectivity index (χ1v) is 8.62. The molecule has 0 aliphatic carbocycles. The molecule has 1 amide bonds. The maximum atomic E-state index is 12.6. The molecule has 125 valence electrons. The largest absolute Gasteiger partial charge is 0.371 e. The Morgan fingerprint density at radius 1 is 1.08 bits per heavy atom. The summed E-state index contributed by atoms with van der Waals surface area (Å²) in [6.45, 7) is 5.43. The maximum Gasteiger partial charge on any atom is 0.253 e. The summed E-state index contributed by atoms with van der Waals surface area (Å²) in [6.07, 6.45) is 1.94. The lowest BCUT2D eigenvalue weighted by atomic mass is 10.0. The Hall–Kier alpha value is -2.00. The minimum atomic E-state index is 0.114. The van der Waals surface area contributed by atoms with Crippen molar-refractivity contribution in [1.29, 1.82) is 0 Å². The minimum absolute atomic E-state index is 0.114. The zero-order valence-electron chi connectivity index (χ0n) is 13.9. The minimum Gasteiger partial charge on any atom is -0.371 e. The van der Waals surface area contributed by atoms with Crippen molar-refractivity contribution in [3.63, 3.8) is 0 Å². The number of carbonyl (C=O) groups excluding carboxylic acids is 1. The van der Waals surface area contributed by atoms with Crippen LogP contribution < -0.4 is 4.90 Å². The van der Waals surface area contributed by atoms with Crippen LogP contribution in [0.25, 0.3) is 0 Å². The van der Waals surface area contributed by atoms with E-state index in [1.165, 1.54) is 0 Å². The highest BCUT2D eigenvalue weighted by Crippen LogP contribution is 2.24. The molecule has 0 spiro atoms. The van der Waals surface area contributed by atoms with Gasteiger partial charge < -0.3 is 9.80 Å². The summed E-state index contributed by atoms with van der Waals surface area (Å²) in [7, 11) is 2.11. The first-order valence-electron chi connectivity index (χ1n) is 8.24. The van der Waals surface area contributed by atoms with Crippen LogP contribution in [0.5, 0.6) is 0 Å². The second-order valence-electron chi connectivity index (χ2n) is 6.31. The van der Waals surface area contributed by atoms with Gasteiger partial charge in [-0.3, -0.25) is 4.79 Å². The lowest BCUT2D eigenvalue weighted by molar-refractivity contribution is 0.0713. The molecule has 3 rings (SSSR count). The van der Waals surface area contributed by atoms with Gasteiger partial charge in [0.15, 0.2) is 0 Å². The van der Waals surface area contributed by atoms with Gasteiger partial charge in [0.25, 0.3) is 5.91 Å². The second-order valence-corrected chi connectivity index (χ2v) is 6.74. The Morgan fingerprint density at radius 2 is 1.67 bits per heavy atom. The highest BCUT2D eigenvalue weighted by atomic mass is 35.5. The van der Waals surface area contributed by atoms with Crippen molar-refractivity contribution in [2.75, 3.05) is 25.0 Å². The molecule has 1 aliphatic rings. The fourth-order valence-corrected chi connectivity index (χ4v) is 3.30. The van der Waals surface area contributed by atoms with Crippen molar-refractivity contribution in [2.45, 2.75) is 18.9 Å². The van der Waals surface area contributed by atoms with Gasteiger partial charge in [-0.05, 0) is 61.7 Å². The third-order valence-corrected chi connectivity index (χ3v) is 4.99. The normalized spacial score (nSPS) is 15.4. The Morgan fingerprint density at radius 3 is 2.25 bits per heavy atom. The van der Waals surface area contributed by atoms with Crippen molar-refractivity contribution in [3.05, 3.63) is 71.6 Å². The van der Waals surface area contributed by atoms with Crippen molar-refractivity contribution >= 4 is 23.2 Å². The number of hydrogen-bond donors (Lipinski definition) is 0. The van der Waals surface area contributed by atoms with Crippen LogP contribution in [-0.2, 0) is 0 Å². The quantitative estimate of drug-likeness (QED) is 0.832. The van der Waals surface area contributed by atoms with Gasteiger partial charge in [-0.15, -0.1) is 0 Å². The molecule has 3 nitrogen and oxygen atoms in total. The van der Waals surface area contributed by atoms with Gasteiger partial charge in [-0.1, -0.05) is 23.7 Å². The standard InChI is InChI=1S/C20H22ClN2O/c1-15-3-5-16(6-4-15)20(24)23-13-11-19(12-14-23)22(2)18-9-7-17(21)8-10-18/h3-10,19H,1,11-14H2,2H3. The number of rotatable bonds is 3. The molecule has 4 heteroatoms. The first-order chi connectivity index (χ1) is 11.5. The van der Waals surface area contributed by atoms with Crippen molar-refractivity contribution in [1.82, 2.24) is 4.90 Å². The molecule has 0 aromatic heterocycles. The molecule has 0 saturated carbocycles. The summed E-state index contributed by atoms with van der Waals surface area (Å²) in [5, 5.41) is 0.751. The predicted molar refractivity (Wildman–Crippen MR) is 99.7 cm³/mol. The molecule has 1 fully saturated rings. The molecular formula is C20H22ClN2O. The molecular weight excluding hydrogens is 320 g/mol. The van der Waals surface area contributed by atoms with E-state index < -0.39 is 0 Å². The van der Waals surface area contributed by atoms with Crippen LogP contribution in [0.4, 0.5) is 5.69 Å². The predicted octanol–water partition coefficient (Wildman–Crippen LogP) is 4.26. The van der Waals surface area contributed by atoms with E-state index in [1.54, 1.807) is 0 Å². The van der Waals surface area contributed by atoms with E-state index in [2.05, 4.69) is 18.9 Å². The molecule has 0 atom stereocenters. The maximum absolute atomic E-state index is 12.6. The fourth-order valence-electron chi connectivity index (χ4n) is 3.17. The van der Waals surface area contributed by atoms with Gasteiger partial charge in [-0.25, -0.2) is 0 Å². The van der Waals surface area contributed by atoms with Gasteiger partial charge in [-0.2, -0.15) is 0 Å². The van der Waals surface area contributed by atoms with Gasteiger partial charge in [0.2, 0.25) is 0 Å². The number of halogens is 1. The summed E-state index contributed by atoms with van der Waals surface area (Å²) in [6, 6.07) is 15.8. The number of hydrogen-bond acceptors (Lipinski definition) is 2. The number of piperidine rings is 1. The van der Waals surface area contributed by atoms with Crippen molar-refractivity contribution < 1.29 is 4.79 Å². The van der Waals surface area contributed by atoms with E-state index in [4.69, 9.17) is 11.6 Å². The summed E-state index contributed by atoms with van der Waals surface area (Å²) in [4.78, 5) is 16.8. The highest BCUT2D eigenvalue weighted by molar-refractivity contribution is 6.30. The van der Waals surface area contributed by atoms with E-state index in [9.17, 15) is 4.79 Å². The number of nitrogens with zero attached hydrogens (tertiary/aromatic N) is 2. The molecule has 1 heterocycles. The Bertz CT molecular complexity index is 689. The number of likely N-dealkylation sites (tertiary alicyclic amines) is 1. The topological polar surface area (TPSA) is 23.6 Å². The van der Waals surface area contributed by atoms with Crippen LogP contribution in [0.2, 0.25) is 5.02 Å². The third-order valence-electron chi connectivity index (χ3n) is 4.73. The van der Waals surface area contributed by atoms with Crippen LogP contribution >= 0.6 is 11.6 Å². The van der Waals surface area contributed by atoms with E-state index in [0.717, 1.165) is 47.8 Å². The number of anilines is 1. The summed E-state index contributed by atoms with van der Waals surface area (Å²) in [5.74, 6) is 0.114. The zero-order chi connectivity index (χ0) is 17.1. The van der Waals surface area contributed by atoms with Crippen molar-refractivity contribution in [3.8, 4) is 0 Å². The van der Waals surface area contributed by atoms with Crippen LogP contribution in [-0.4, -0.2) is 37.0 Å². The molecule has 2 aromatic carbocycles. The molecule has 0 unspecified atom stereocenters. The van der Waals surface area contributed by atoms with Crippen LogP contribution in [0.3, 0.4) is 0 Å². The average molecular weight is 342 g/mol. The Balaban J connectivity index is 1.60. The first kappa shape index (κ1) is 16.8. The lowest BCUT2D eigenvalue weighted by Gasteiger charge is -2.38. The van der Waals surface area contributed by atoms with Crippen LogP contribution in [0.15, 0.2) is 48.5 Å². The lowest BCUT2D eigenvalue weighted by Crippen LogP contribution is -2.45. The molecule has 1 aliphatic heterocycles. The summed E-state index contributed by atoms with van der Waals surface area (Å²) < 4.78 is 0. The van der Waals surface area contributed by atoms with Gasteiger partial charge in [0.1, 0.15) is 0 Å². The van der Waals surface area contributed by atoms with Gasteiger partial charge in [0, 0.05) is 42.5 Å². The molecule has 1 saturated heterocycles. The van der Waals surface area contributed by atoms with Gasteiger partial charge in [0.05, 0.1) is 0 Å². The van der Waals surface area contributed by atoms with Crippen LogP contribution in [0.1, 0.15) is 28.8 Å².